The number of hydrogen-bond donors (Lipinski definition) is 2. The Morgan fingerprint density at radius 1 is 1.40 bits per heavy atom. The van der Waals surface area contributed by atoms with Crippen LogP contribution in [-0.4, -0.2) is 34.4 Å². The summed E-state index contributed by atoms with van der Waals surface area (Å²) in [4.78, 5) is 14.4. The Kier molecular flexibility index (Phi) is 6.03. The summed E-state index contributed by atoms with van der Waals surface area (Å²) >= 11 is 0. The molecule has 20 heavy (non-hydrogen) atoms. The second-order valence-electron chi connectivity index (χ2n) is 4.94. The standard InChI is InChI=1S/C15H23N3O2/c1-4-12-7-5-6-8-13(12)15(19)18(11(2)3)10-9-14(16)17-20/h5-8,11,20H,4,9-10H2,1-3H3,(H2,16,17). The highest BCUT2D eigenvalue weighted by Crippen LogP contribution is 2.14. The minimum absolute atomic E-state index is 0.0109. The normalized spacial score (nSPS) is 11.7. The molecule has 1 aromatic rings. The van der Waals surface area contributed by atoms with Crippen molar-refractivity contribution in [3.8, 4) is 0 Å². The van der Waals surface area contributed by atoms with Crippen LogP contribution in [0.5, 0.6) is 0 Å². The highest BCUT2D eigenvalue weighted by Gasteiger charge is 2.20. The third-order valence-corrected chi connectivity index (χ3v) is 3.25. The predicted octanol–water partition coefficient (Wildman–Crippen LogP) is 2.24. The highest BCUT2D eigenvalue weighted by atomic mass is 16.4. The number of oxime groups is 1. The van der Waals surface area contributed by atoms with Crippen molar-refractivity contribution in [1.82, 2.24) is 4.90 Å². The molecule has 0 spiro atoms. The van der Waals surface area contributed by atoms with Crippen LogP contribution in [0.2, 0.25) is 0 Å². The second kappa shape index (κ2) is 7.53. The summed E-state index contributed by atoms with van der Waals surface area (Å²) in [7, 11) is 0. The van der Waals surface area contributed by atoms with Gasteiger partial charge in [-0.3, -0.25) is 4.79 Å². The first kappa shape index (κ1) is 16.0. The smallest absolute Gasteiger partial charge is 0.254 e. The summed E-state index contributed by atoms with van der Waals surface area (Å²) in [5.41, 5.74) is 7.24. The van der Waals surface area contributed by atoms with Crippen molar-refractivity contribution in [2.45, 2.75) is 39.7 Å². The second-order valence-corrected chi connectivity index (χ2v) is 4.94. The summed E-state index contributed by atoms with van der Waals surface area (Å²) < 4.78 is 0. The number of carbonyl (C=O) groups excluding carboxylic acids is 1. The molecule has 0 atom stereocenters. The van der Waals surface area contributed by atoms with Gasteiger partial charge >= 0.3 is 0 Å². The molecule has 3 N–H and O–H groups in total. The van der Waals surface area contributed by atoms with E-state index in [0.717, 1.165) is 17.5 Å². The van der Waals surface area contributed by atoms with E-state index in [-0.39, 0.29) is 17.8 Å². The Morgan fingerprint density at radius 3 is 2.60 bits per heavy atom. The fraction of sp³-hybridized carbons (Fsp3) is 0.467. The van der Waals surface area contributed by atoms with Crippen molar-refractivity contribution >= 4 is 11.7 Å². The van der Waals surface area contributed by atoms with Gasteiger partial charge < -0.3 is 15.8 Å². The lowest BCUT2D eigenvalue weighted by Gasteiger charge is -2.27. The number of aryl methyl sites for hydroxylation is 1. The maximum absolute atomic E-state index is 12.6. The van der Waals surface area contributed by atoms with Crippen LogP contribution in [0.1, 0.15) is 43.1 Å². The van der Waals surface area contributed by atoms with Crippen LogP contribution in [0.25, 0.3) is 0 Å². The van der Waals surface area contributed by atoms with Gasteiger partial charge in [0.15, 0.2) is 0 Å². The summed E-state index contributed by atoms with van der Waals surface area (Å²) in [5.74, 6) is 0.121. The number of nitrogens with two attached hydrogens (primary N) is 1. The maximum atomic E-state index is 12.6. The van der Waals surface area contributed by atoms with Gasteiger partial charge in [0.05, 0.1) is 0 Å². The van der Waals surface area contributed by atoms with Gasteiger partial charge in [0.2, 0.25) is 0 Å². The molecule has 0 aliphatic heterocycles. The average molecular weight is 277 g/mol. The lowest BCUT2D eigenvalue weighted by molar-refractivity contribution is 0.0710. The van der Waals surface area contributed by atoms with Crippen LogP contribution >= 0.6 is 0 Å². The van der Waals surface area contributed by atoms with Gasteiger partial charge in [0.25, 0.3) is 5.91 Å². The van der Waals surface area contributed by atoms with Gasteiger partial charge in [-0.1, -0.05) is 30.3 Å². The van der Waals surface area contributed by atoms with Crippen molar-refractivity contribution < 1.29 is 10.0 Å². The number of amidine groups is 1. The molecular formula is C15H23N3O2. The van der Waals surface area contributed by atoms with Gasteiger partial charge in [-0.05, 0) is 31.9 Å². The Balaban J connectivity index is 2.94. The van der Waals surface area contributed by atoms with Crippen molar-refractivity contribution in [2.75, 3.05) is 6.54 Å². The van der Waals surface area contributed by atoms with E-state index in [0.29, 0.717) is 13.0 Å². The van der Waals surface area contributed by atoms with Gasteiger partial charge in [0, 0.05) is 24.6 Å². The number of rotatable bonds is 6. The van der Waals surface area contributed by atoms with E-state index in [1.165, 1.54) is 0 Å². The average Bonchev–Trinajstić information content (AvgIpc) is 2.46. The van der Waals surface area contributed by atoms with Crippen LogP contribution in [0.3, 0.4) is 0 Å². The van der Waals surface area contributed by atoms with Crippen LogP contribution in [0.4, 0.5) is 0 Å². The molecule has 110 valence electrons. The molecule has 0 saturated carbocycles. The topological polar surface area (TPSA) is 78.9 Å². The quantitative estimate of drug-likeness (QED) is 0.362. The number of benzene rings is 1. The molecule has 0 bridgehead atoms. The first-order valence-electron chi connectivity index (χ1n) is 6.86. The van der Waals surface area contributed by atoms with E-state index in [9.17, 15) is 4.79 Å². The first-order valence-corrected chi connectivity index (χ1v) is 6.86. The van der Waals surface area contributed by atoms with E-state index in [2.05, 4.69) is 5.16 Å². The number of nitrogens with zero attached hydrogens (tertiary/aromatic N) is 2. The molecule has 5 nitrogen and oxygen atoms in total. The summed E-state index contributed by atoms with van der Waals surface area (Å²) in [6.45, 7) is 6.38. The molecule has 0 unspecified atom stereocenters. The zero-order valence-electron chi connectivity index (χ0n) is 12.3. The minimum Gasteiger partial charge on any atom is -0.409 e. The van der Waals surface area contributed by atoms with Gasteiger partial charge in [-0.15, -0.1) is 0 Å². The van der Waals surface area contributed by atoms with Crippen LogP contribution in [0, 0.1) is 0 Å². The minimum atomic E-state index is -0.0109. The Bertz CT molecular complexity index is 484. The van der Waals surface area contributed by atoms with Crippen LogP contribution in [-0.2, 0) is 6.42 Å². The summed E-state index contributed by atoms with van der Waals surface area (Å²) in [6, 6.07) is 7.68. The lowest BCUT2D eigenvalue weighted by Crippen LogP contribution is -2.39. The molecule has 0 heterocycles. The molecule has 0 fully saturated rings. The molecule has 0 aliphatic rings. The fourth-order valence-corrected chi connectivity index (χ4v) is 2.07. The van der Waals surface area contributed by atoms with Crippen LogP contribution in [0.15, 0.2) is 29.4 Å². The maximum Gasteiger partial charge on any atom is 0.254 e. The molecule has 1 aromatic carbocycles. The highest BCUT2D eigenvalue weighted by molar-refractivity contribution is 5.96. The van der Waals surface area contributed by atoms with Crippen molar-refractivity contribution in [3.05, 3.63) is 35.4 Å². The van der Waals surface area contributed by atoms with Crippen molar-refractivity contribution in [2.24, 2.45) is 10.9 Å². The zero-order valence-corrected chi connectivity index (χ0v) is 12.3. The third-order valence-electron chi connectivity index (χ3n) is 3.25. The first-order chi connectivity index (χ1) is 9.51. The molecule has 1 amide bonds. The fourth-order valence-electron chi connectivity index (χ4n) is 2.07. The molecule has 0 aliphatic carbocycles. The largest absolute Gasteiger partial charge is 0.409 e. The van der Waals surface area contributed by atoms with E-state index >= 15 is 0 Å². The number of amides is 1. The third kappa shape index (κ3) is 3.98. The van der Waals surface area contributed by atoms with Crippen LogP contribution < -0.4 is 5.73 Å². The van der Waals surface area contributed by atoms with E-state index in [1.54, 1.807) is 4.90 Å². The van der Waals surface area contributed by atoms with Gasteiger partial charge in [0.1, 0.15) is 5.84 Å². The molecule has 5 heteroatoms. The van der Waals surface area contributed by atoms with Crippen molar-refractivity contribution in [1.29, 1.82) is 0 Å². The molecular weight excluding hydrogens is 254 g/mol. The Hall–Kier alpha value is -2.04. The van der Waals surface area contributed by atoms with E-state index in [4.69, 9.17) is 10.9 Å². The Labute approximate surface area is 120 Å². The van der Waals surface area contributed by atoms with Gasteiger partial charge in [-0.2, -0.15) is 0 Å². The number of hydrogen-bond acceptors (Lipinski definition) is 3. The predicted molar refractivity (Wildman–Crippen MR) is 80.0 cm³/mol. The van der Waals surface area contributed by atoms with Gasteiger partial charge in [-0.25, -0.2) is 0 Å². The molecule has 0 radical (unpaired) electrons. The lowest BCUT2D eigenvalue weighted by atomic mass is 10.0. The monoisotopic (exact) mass is 277 g/mol. The SMILES string of the molecule is CCc1ccccc1C(=O)N(CC/C(N)=N/O)C(C)C. The molecule has 0 aromatic heterocycles. The van der Waals surface area contributed by atoms with E-state index < -0.39 is 0 Å². The summed E-state index contributed by atoms with van der Waals surface area (Å²) in [5, 5.41) is 11.5. The molecule has 0 saturated heterocycles. The zero-order chi connectivity index (χ0) is 15.1. The molecule has 1 rings (SSSR count). The van der Waals surface area contributed by atoms with Crippen molar-refractivity contribution in [3.63, 3.8) is 0 Å². The Morgan fingerprint density at radius 2 is 2.05 bits per heavy atom. The summed E-state index contributed by atoms with van der Waals surface area (Å²) in [6.07, 6.45) is 1.17. The number of carbonyl (C=O) groups is 1. The van der Waals surface area contributed by atoms with E-state index in [1.807, 2.05) is 45.0 Å².